The normalized spacial score (nSPS) is 11.6. The molecule has 0 unspecified atom stereocenters. The van der Waals surface area contributed by atoms with Crippen molar-refractivity contribution in [3.05, 3.63) is 42.5 Å². The molecule has 0 atom stereocenters. The molecule has 0 aliphatic rings. The number of alkyl halides is 3. The van der Waals surface area contributed by atoms with Crippen LogP contribution >= 0.6 is 34.8 Å². The molecule has 3 aromatic rings. The zero-order valence-electron chi connectivity index (χ0n) is 14.8. The Bertz CT molecular complexity index is 1040. The number of aromatic nitrogens is 3. The van der Waals surface area contributed by atoms with E-state index < -0.39 is 22.2 Å². The summed E-state index contributed by atoms with van der Waals surface area (Å²) in [6.07, 6.45) is 1.92. The van der Waals surface area contributed by atoms with Gasteiger partial charge in [-0.05, 0) is 24.3 Å². The molecular formula is C17H15Cl3FN5O2. The van der Waals surface area contributed by atoms with E-state index in [4.69, 9.17) is 34.8 Å². The monoisotopic (exact) mass is 445 g/mol. The van der Waals surface area contributed by atoms with E-state index >= 15 is 0 Å². The Morgan fingerprint density at radius 2 is 1.96 bits per heavy atom. The van der Waals surface area contributed by atoms with Crippen molar-refractivity contribution in [3.8, 4) is 5.69 Å². The smallest absolute Gasteiger partial charge is 0.411 e. The van der Waals surface area contributed by atoms with Crippen LogP contribution < -0.4 is 9.80 Å². The van der Waals surface area contributed by atoms with E-state index in [0.29, 0.717) is 11.0 Å². The first-order chi connectivity index (χ1) is 13.0. The minimum absolute atomic E-state index is 0.0393. The Morgan fingerprint density at radius 1 is 1.25 bits per heavy atom. The fourth-order valence-electron chi connectivity index (χ4n) is 2.57. The van der Waals surface area contributed by atoms with Gasteiger partial charge in [0.1, 0.15) is 11.5 Å². The molecule has 1 aromatic carbocycles. The second kappa shape index (κ2) is 7.62. The molecule has 148 valence electrons. The SMILES string of the molecule is CN(C)c1cnc2nn(-c3cc(N(CC(Cl)(Cl)Cl)C(=O)O)ccc3F)cc2c1. The van der Waals surface area contributed by atoms with Crippen LogP contribution in [-0.2, 0) is 0 Å². The van der Waals surface area contributed by atoms with Crippen molar-refractivity contribution in [2.45, 2.75) is 3.79 Å². The molecular weight excluding hydrogens is 432 g/mol. The number of hydrogen-bond donors (Lipinski definition) is 1. The number of fused-ring (bicyclic) bond motifs is 1. The van der Waals surface area contributed by atoms with Gasteiger partial charge in [0, 0.05) is 31.4 Å². The van der Waals surface area contributed by atoms with Crippen LogP contribution in [0.2, 0.25) is 0 Å². The van der Waals surface area contributed by atoms with E-state index in [1.807, 2.05) is 25.1 Å². The van der Waals surface area contributed by atoms with E-state index in [1.165, 1.54) is 16.8 Å². The molecule has 0 radical (unpaired) electrons. The maximum absolute atomic E-state index is 14.5. The quantitative estimate of drug-likeness (QED) is 0.598. The summed E-state index contributed by atoms with van der Waals surface area (Å²) < 4.78 is 13.9. The highest BCUT2D eigenvalue weighted by Crippen LogP contribution is 2.31. The largest absolute Gasteiger partial charge is 0.465 e. The van der Waals surface area contributed by atoms with Gasteiger partial charge >= 0.3 is 6.09 Å². The lowest BCUT2D eigenvalue weighted by molar-refractivity contribution is 0.202. The van der Waals surface area contributed by atoms with Crippen LogP contribution in [0.5, 0.6) is 0 Å². The van der Waals surface area contributed by atoms with Gasteiger partial charge in [0.05, 0.1) is 18.4 Å². The lowest BCUT2D eigenvalue weighted by Crippen LogP contribution is -2.36. The number of rotatable bonds is 4. The van der Waals surface area contributed by atoms with Crippen LogP contribution in [0.15, 0.2) is 36.7 Å². The highest BCUT2D eigenvalue weighted by molar-refractivity contribution is 6.68. The van der Waals surface area contributed by atoms with Crippen molar-refractivity contribution in [2.24, 2.45) is 0 Å². The van der Waals surface area contributed by atoms with Crippen molar-refractivity contribution in [3.63, 3.8) is 0 Å². The van der Waals surface area contributed by atoms with Crippen LogP contribution in [0.25, 0.3) is 16.7 Å². The fourth-order valence-corrected chi connectivity index (χ4v) is 2.92. The molecule has 2 heterocycles. The highest BCUT2D eigenvalue weighted by Gasteiger charge is 2.28. The Kier molecular flexibility index (Phi) is 5.56. The Labute approximate surface area is 174 Å². The van der Waals surface area contributed by atoms with Crippen molar-refractivity contribution in [1.82, 2.24) is 14.8 Å². The first kappa shape index (κ1) is 20.4. The molecule has 3 rings (SSSR count). The molecule has 0 bridgehead atoms. The molecule has 11 heteroatoms. The van der Waals surface area contributed by atoms with Crippen LogP contribution in [-0.4, -0.2) is 50.4 Å². The Balaban J connectivity index is 2.06. The molecule has 7 nitrogen and oxygen atoms in total. The summed E-state index contributed by atoms with van der Waals surface area (Å²) in [5.41, 5.74) is 1.46. The topological polar surface area (TPSA) is 74.5 Å². The van der Waals surface area contributed by atoms with Crippen molar-refractivity contribution in [1.29, 1.82) is 0 Å². The van der Waals surface area contributed by atoms with E-state index in [9.17, 15) is 14.3 Å². The summed E-state index contributed by atoms with van der Waals surface area (Å²) in [7, 11) is 3.75. The summed E-state index contributed by atoms with van der Waals surface area (Å²) in [5.74, 6) is -0.594. The van der Waals surface area contributed by atoms with E-state index in [0.717, 1.165) is 16.7 Å². The van der Waals surface area contributed by atoms with E-state index in [2.05, 4.69) is 10.1 Å². The fraction of sp³-hybridized carbons (Fsp3) is 0.235. The highest BCUT2D eigenvalue weighted by atomic mass is 35.6. The van der Waals surface area contributed by atoms with Gasteiger partial charge in [-0.3, -0.25) is 4.90 Å². The first-order valence-corrected chi connectivity index (χ1v) is 9.08. The molecule has 2 aromatic heterocycles. The summed E-state index contributed by atoms with van der Waals surface area (Å²) in [4.78, 5) is 18.5. The minimum atomic E-state index is -1.83. The molecule has 1 N–H and O–H groups in total. The second-order valence-corrected chi connectivity index (χ2v) is 8.71. The lowest BCUT2D eigenvalue weighted by Gasteiger charge is -2.23. The molecule has 0 fully saturated rings. The van der Waals surface area contributed by atoms with Crippen molar-refractivity contribution < 1.29 is 14.3 Å². The average molecular weight is 447 g/mol. The van der Waals surface area contributed by atoms with E-state index in [1.54, 1.807) is 12.4 Å². The van der Waals surface area contributed by atoms with Gasteiger partial charge in [-0.2, -0.15) is 0 Å². The maximum atomic E-state index is 14.5. The number of carbonyl (C=O) groups is 1. The van der Waals surface area contributed by atoms with Crippen LogP contribution in [0.3, 0.4) is 0 Å². The third-order valence-corrected chi connectivity index (χ3v) is 4.28. The summed E-state index contributed by atoms with van der Waals surface area (Å²) in [6.45, 7) is -0.424. The summed E-state index contributed by atoms with van der Waals surface area (Å²) in [6, 6.07) is 5.59. The van der Waals surface area contributed by atoms with E-state index in [-0.39, 0.29) is 11.4 Å². The summed E-state index contributed by atoms with van der Waals surface area (Å²) >= 11 is 17.2. The standard InChI is InChI=1S/C17H15Cl3FN5O2/c1-24(2)12-5-10-8-26(23-15(10)22-7-12)14-6-11(3-4-13(14)21)25(16(27)28)9-17(18,19)20/h3-8H,9H2,1-2H3,(H,27,28). The third-order valence-electron chi connectivity index (χ3n) is 3.92. The van der Waals surface area contributed by atoms with Crippen LogP contribution in [0.4, 0.5) is 20.6 Å². The zero-order valence-corrected chi connectivity index (χ0v) is 17.0. The third kappa shape index (κ3) is 4.40. The predicted octanol–water partition coefficient (Wildman–Crippen LogP) is 4.48. The van der Waals surface area contributed by atoms with Crippen molar-refractivity contribution >= 4 is 63.3 Å². The second-order valence-electron chi connectivity index (χ2n) is 6.19. The van der Waals surface area contributed by atoms with Gasteiger partial charge < -0.3 is 10.0 Å². The number of benzene rings is 1. The predicted molar refractivity (Wildman–Crippen MR) is 109 cm³/mol. The molecule has 0 aliphatic carbocycles. The Morgan fingerprint density at radius 3 is 2.57 bits per heavy atom. The number of amides is 1. The van der Waals surface area contributed by atoms with Crippen LogP contribution in [0, 0.1) is 5.82 Å². The van der Waals surface area contributed by atoms with Gasteiger partial charge in [0.2, 0.25) is 3.79 Å². The number of carboxylic acid groups (broad SMARTS) is 1. The number of nitrogens with zero attached hydrogens (tertiary/aromatic N) is 5. The number of pyridine rings is 1. The maximum Gasteiger partial charge on any atom is 0.411 e. The minimum Gasteiger partial charge on any atom is -0.465 e. The number of anilines is 2. The lowest BCUT2D eigenvalue weighted by atomic mass is 10.2. The van der Waals surface area contributed by atoms with Crippen LogP contribution in [0.1, 0.15) is 0 Å². The number of halogens is 4. The van der Waals surface area contributed by atoms with Crippen molar-refractivity contribution in [2.75, 3.05) is 30.4 Å². The first-order valence-electron chi connectivity index (χ1n) is 7.95. The van der Waals surface area contributed by atoms with Gasteiger partial charge in [0.15, 0.2) is 5.65 Å². The number of hydrogen-bond acceptors (Lipinski definition) is 4. The molecule has 0 aliphatic heterocycles. The Hall–Kier alpha value is -2.29. The average Bonchev–Trinajstić information content (AvgIpc) is 3.02. The zero-order chi connectivity index (χ0) is 20.6. The molecule has 0 spiro atoms. The van der Waals surface area contributed by atoms with Gasteiger partial charge in [-0.15, -0.1) is 5.10 Å². The molecule has 28 heavy (non-hydrogen) atoms. The summed E-state index contributed by atoms with van der Waals surface area (Å²) in [5, 5.41) is 14.4. The van der Waals surface area contributed by atoms with Gasteiger partial charge in [-0.25, -0.2) is 18.9 Å². The van der Waals surface area contributed by atoms with Gasteiger partial charge in [0.25, 0.3) is 0 Å². The van der Waals surface area contributed by atoms with Gasteiger partial charge in [-0.1, -0.05) is 34.8 Å². The molecule has 0 saturated carbocycles. The molecule has 0 saturated heterocycles. The molecule has 1 amide bonds.